The third-order valence-corrected chi connectivity index (χ3v) is 5.44. The quantitative estimate of drug-likeness (QED) is 0.475. The van der Waals surface area contributed by atoms with Crippen molar-refractivity contribution in [2.75, 3.05) is 0 Å². The summed E-state index contributed by atoms with van der Waals surface area (Å²) in [6.07, 6.45) is 6.23. The summed E-state index contributed by atoms with van der Waals surface area (Å²) in [6.45, 7) is 8.61. The second-order valence-electron chi connectivity index (χ2n) is 6.94. The zero-order valence-electron chi connectivity index (χ0n) is 11.3. The van der Waals surface area contributed by atoms with Crippen LogP contribution in [0, 0.1) is 11.3 Å². The van der Waals surface area contributed by atoms with Crippen LogP contribution in [-0.2, 0) is 9.53 Å². The van der Waals surface area contributed by atoms with E-state index in [1.54, 1.807) is 0 Å². The van der Waals surface area contributed by atoms with Crippen LogP contribution >= 0.6 is 0 Å². The average Bonchev–Trinajstić information content (AvgIpc) is 2.74. The minimum Gasteiger partial charge on any atom is -0.355 e. The van der Waals surface area contributed by atoms with Gasteiger partial charge in [-0.05, 0) is 51.4 Å². The first-order chi connectivity index (χ1) is 7.81. The molecule has 3 rings (SSSR count). The van der Waals surface area contributed by atoms with Crippen LogP contribution in [0.15, 0.2) is 11.6 Å². The zero-order valence-corrected chi connectivity index (χ0v) is 11.3. The van der Waals surface area contributed by atoms with Crippen molar-refractivity contribution in [3.8, 4) is 0 Å². The summed E-state index contributed by atoms with van der Waals surface area (Å²) < 4.78 is 5.81. The first-order valence-electron chi connectivity index (χ1n) is 6.71. The maximum Gasteiger partial charge on any atom is 0.168 e. The highest BCUT2D eigenvalue weighted by Crippen LogP contribution is 2.62. The van der Waals surface area contributed by atoms with Gasteiger partial charge in [0.15, 0.2) is 11.4 Å². The van der Waals surface area contributed by atoms with Gasteiger partial charge < -0.3 is 4.74 Å². The molecule has 1 saturated carbocycles. The lowest BCUT2D eigenvalue weighted by Gasteiger charge is -2.46. The Labute approximate surface area is 103 Å². The van der Waals surface area contributed by atoms with Gasteiger partial charge in [0.05, 0.1) is 0 Å². The van der Waals surface area contributed by atoms with Gasteiger partial charge in [0.1, 0.15) is 5.60 Å². The number of ketones is 1. The molecule has 0 aromatic heterocycles. The van der Waals surface area contributed by atoms with Crippen LogP contribution in [0.25, 0.3) is 0 Å². The molecule has 0 amide bonds. The van der Waals surface area contributed by atoms with E-state index in [9.17, 15) is 4.79 Å². The highest BCUT2D eigenvalue weighted by Gasteiger charge is 2.72. The fourth-order valence-corrected chi connectivity index (χ4v) is 4.12. The fraction of sp³-hybridized carbons (Fsp3) is 0.800. The molecule has 0 aromatic rings. The molecule has 17 heavy (non-hydrogen) atoms. The SMILES string of the molecule is CC1=CCC[C@]2(C)CC(=O)C3(C[C@@H]12)OC3(C)C. The van der Waals surface area contributed by atoms with Crippen LogP contribution in [-0.4, -0.2) is 17.0 Å². The number of allylic oxidation sites excluding steroid dienone is 2. The molecule has 94 valence electrons. The van der Waals surface area contributed by atoms with Gasteiger partial charge in [-0.3, -0.25) is 4.79 Å². The maximum absolute atomic E-state index is 12.4. The number of rotatable bonds is 0. The standard InChI is InChI=1S/C15H22O2/c1-10-6-5-7-14(4)9-12(16)15(8-11(10)14)13(2,3)17-15/h6,11H,5,7-9H2,1-4H3/t11-,14+,15?/m0/s1. The number of hydrogen-bond acceptors (Lipinski definition) is 2. The summed E-state index contributed by atoms with van der Waals surface area (Å²) in [7, 11) is 0. The molecule has 2 heteroatoms. The van der Waals surface area contributed by atoms with Crippen LogP contribution in [0.5, 0.6) is 0 Å². The first kappa shape index (κ1) is 11.5. The van der Waals surface area contributed by atoms with Gasteiger partial charge in [-0.2, -0.15) is 0 Å². The van der Waals surface area contributed by atoms with E-state index >= 15 is 0 Å². The van der Waals surface area contributed by atoms with E-state index in [-0.39, 0.29) is 11.0 Å². The van der Waals surface area contributed by atoms with Gasteiger partial charge in [-0.25, -0.2) is 0 Å². The molecule has 0 radical (unpaired) electrons. The van der Waals surface area contributed by atoms with Crippen molar-refractivity contribution in [3.05, 3.63) is 11.6 Å². The third kappa shape index (κ3) is 1.33. The van der Waals surface area contributed by atoms with Gasteiger partial charge in [0, 0.05) is 6.42 Å². The highest BCUT2D eigenvalue weighted by molar-refractivity contribution is 5.93. The summed E-state index contributed by atoms with van der Waals surface area (Å²) in [5.74, 6) is 0.881. The Kier molecular flexibility index (Phi) is 2.04. The molecule has 2 aliphatic carbocycles. The minimum atomic E-state index is -0.455. The Hall–Kier alpha value is -0.630. The number of hydrogen-bond donors (Lipinski definition) is 0. The van der Waals surface area contributed by atoms with E-state index in [2.05, 4.69) is 33.8 Å². The summed E-state index contributed by atoms with van der Waals surface area (Å²) in [5.41, 5.74) is 0.965. The molecule has 1 aliphatic heterocycles. The van der Waals surface area contributed by atoms with Gasteiger partial charge >= 0.3 is 0 Å². The van der Waals surface area contributed by atoms with Crippen LogP contribution in [0.2, 0.25) is 0 Å². The Morgan fingerprint density at radius 1 is 1.35 bits per heavy atom. The van der Waals surface area contributed by atoms with E-state index in [0.717, 1.165) is 19.3 Å². The van der Waals surface area contributed by atoms with E-state index in [1.165, 1.54) is 5.57 Å². The number of Topliss-reactive ketones (excluding diaryl/α,β-unsaturated/α-hetero) is 1. The minimum absolute atomic E-state index is 0.184. The van der Waals surface area contributed by atoms with Gasteiger partial charge in [-0.15, -0.1) is 0 Å². The van der Waals surface area contributed by atoms with Crippen molar-refractivity contribution >= 4 is 5.78 Å². The lowest BCUT2D eigenvalue weighted by atomic mass is 9.56. The van der Waals surface area contributed by atoms with Crippen molar-refractivity contribution < 1.29 is 9.53 Å². The molecule has 1 saturated heterocycles. The molecule has 3 atom stereocenters. The second kappa shape index (κ2) is 3.03. The molecule has 1 spiro atoms. The van der Waals surface area contributed by atoms with Crippen molar-refractivity contribution in [3.63, 3.8) is 0 Å². The number of ether oxygens (including phenoxy) is 1. The third-order valence-electron chi connectivity index (χ3n) is 5.44. The maximum atomic E-state index is 12.4. The highest BCUT2D eigenvalue weighted by atomic mass is 16.6. The Morgan fingerprint density at radius 3 is 2.59 bits per heavy atom. The number of carbonyl (C=O) groups excluding carboxylic acids is 1. The van der Waals surface area contributed by atoms with Crippen molar-refractivity contribution in [1.82, 2.24) is 0 Å². The van der Waals surface area contributed by atoms with E-state index in [4.69, 9.17) is 4.74 Å². The monoisotopic (exact) mass is 234 g/mol. The Balaban J connectivity index is 1.97. The largest absolute Gasteiger partial charge is 0.355 e. The summed E-state index contributed by atoms with van der Waals surface area (Å²) in [6, 6.07) is 0. The van der Waals surface area contributed by atoms with Crippen molar-refractivity contribution in [2.45, 2.75) is 64.6 Å². The van der Waals surface area contributed by atoms with Crippen LogP contribution in [0.3, 0.4) is 0 Å². The molecule has 2 fully saturated rings. The Morgan fingerprint density at radius 2 is 2.00 bits per heavy atom. The number of carbonyl (C=O) groups is 1. The molecular formula is C15H22O2. The summed E-state index contributed by atoms with van der Waals surface area (Å²) >= 11 is 0. The predicted molar refractivity (Wildman–Crippen MR) is 66.7 cm³/mol. The van der Waals surface area contributed by atoms with Gasteiger partial charge in [-0.1, -0.05) is 18.6 Å². The van der Waals surface area contributed by atoms with Crippen molar-refractivity contribution in [1.29, 1.82) is 0 Å². The summed E-state index contributed by atoms with van der Waals surface area (Å²) in [5, 5.41) is 0. The fourth-order valence-electron chi connectivity index (χ4n) is 4.12. The molecule has 3 aliphatic rings. The molecular weight excluding hydrogens is 212 g/mol. The molecule has 0 aromatic carbocycles. The van der Waals surface area contributed by atoms with Crippen LogP contribution < -0.4 is 0 Å². The molecule has 0 N–H and O–H groups in total. The molecule has 0 bridgehead atoms. The zero-order chi connectivity index (χ0) is 12.5. The number of epoxide rings is 1. The smallest absolute Gasteiger partial charge is 0.168 e. The number of fused-ring (bicyclic) bond motifs is 1. The van der Waals surface area contributed by atoms with Gasteiger partial charge in [0.25, 0.3) is 0 Å². The Bertz CT molecular complexity index is 421. The predicted octanol–water partition coefficient (Wildman–Crippen LogP) is 3.26. The molecule has 1 unspecified atom stereocenters. The lowest BCUT2D eigenvalue weighted by molar-refractivity contribution is -0.132. The summed E-state index contributed by atoms with van der Waals surface area (Å²) in [4.78, 5) is 12.4. The molecule has 2 nitrogen and oxygen atoms in total. The lowest BCUT2D eigenvalue weighted by Crippen LogP contribution is -2.48. The van der Waals surface area contributed by atoms with E-state index in [1.807, 2.05) is 0 Å². The van der Waals surface area contributed by atoms with E-state index in [0.29, 0.717) is 18.1 Å². The average molecular weight is 234 g/mol. The van der Waals surface area contributed by atoms with Crippen LogP contribution in [0.1, 0.15) is 53.4 Å². The van der Waals surface area contributed by atoms with Crippen molar-refractivity contribution in [2.24, 2.45) is 11.3 Å². The molecule has 1 heterocycles. The van der Waals surface area contributed by atoms with Crippen LogP contribution in [0.4, 0.5) is 0 Å². The van der Waals surface area contributed by atoms with E-state index < -0.39 is 5.60 Å². The van der Waals surface area contributed by atoms with Gasteiger partial charge in [0.2, 0.25) is 0 Å². The normalized spacial score (nSPS) is 47.6. The topological polar surface area (TPSA) is 29.6 Å². The second-order valence-corrected chi connectivity index (χ2v) is 6.94. The first-order valence-corrected chi connectivity index (χ1v) is 6.71.